The summed E-state index contributed by atoms with van der Waals surface area (Å²) < 4.78 is 0. The van der Waals surface area contributed by atoms with Crippen molar-refractivity contribution in [2.45, 2.75) is 61.3 Å². The molecule has 6 nitrogen and oxygen atoms in total. The summed E-state index contributed by atoms with van der Waals surface area (Å²) in [5.74, 6) is -1.58. The van der Waals surface area contributed by atoms with Crippen LogP contribution in [0.1, 0.15) is 61.3 Å². The summed E-state index contributed by atoms with van der Waals surface area (Å²) in [5, 5.41) is 9.84. The molecule has 5 aliphatic heterocycles. The number of fused-ring (bicyclic) bond motifs is 4. The van der Waals surface area contributed by atoms with Gasteiger partial charge in [-0.15, -0.1) is 0 Å². The minimum absolute atomic E-state index is 0. The van der Waals surface area contributed by atoms with E-state index in [9.17, 15) is 9.90 Å². The summed E-state index contributed by atoms with van der Waals surface area (Å²) in [7, 11) is 0. The van der Waals surface area contributed by atoms with Gasteiger partial charge in [-0.25, -0.2) is 20.0 Å². The van der Waals surface area contributed by atoms with Crippen LogP contribution in [-0.4, -0.2) is 85.3 Å². The predicted molar refractivity (Wildman–Crippen MR) is 158 cm³/mol. The van der Waals surface area contributed by atoms with Crippen LogP contribution in [0, 0.1) is 5.92 Å². The Hall–Kier alpha value is -2.29. The van der Waals surface area contributed by atoms with Crippen LogP contribution in [0.25, 0.3) is 0 Å². The van der Waals surface area contributed by atoms with Gasteiger partial charge < -0.3 is 5.11 Å². The van der Waals surface area contributed by atoms with Crippen molar-refractivity contribution in [3.8, 4) is 0 Å². The zero-order valence-corrected chi connectivity index (χ0v) is 22.5. The Kier molecular flexibility index (Phi) is 8.36. The Bertz CT molecular complexity index is 1540. The molecule has 8 bridgehead atoms. The molecule has 0 amide bonds. The third-order valence-corrected chi connectivity index (χ3v) is 7.71. The summed E-state index contributed by atoms with van der Waals surface area (Å²) in [5.41, 5.74) is 13.9. The van der Waals surface area contributed by atoms with Crippen molar-refractivity contribution in [2.24, 2.45) is 25.9 Å². The van der Waals surface area contributed by atoms with Crippen LogP contribution in [-0.2, 0) is 4.79 Å². The van der Waals surface area contributed by atoms with E-state index in [0.717, 1.165) is 75.1 Å². The SMILES string of the molecule is CCC1=C(C)C2=NC1=CC1=NC(=CC3=NC(=CC4=NC(=C2)C(C)=C4)C(C(C)C(=O)O)=C3C)C(C)=C1CC.[KH]. The van der Waals surface area contributed by atoms with E-state index in [2.05, 4.69) is 33.8 Å². The van der Waals surface area contributed by atoms with E-state index in [1.807, 2.05) is 38.2 Å². The van der Waals surface area contributed by atoms with Crippen molar-refractivity contribution in [3.05, 3.63) is 92.2 Å². The van der Waals surface area contributed by atoms with Crippen LogP contribution in [0.15, 0.2) is 112 Å². The molecule has 38 heavy (non-hydrogen) atoms. The molecule has 1 unspecified atom stereocenters. The predicted octanol–water partition coefficient (Wildman–Crippen LogP) is 6.14. The third-order valence-electron chi connectivity index (χ3n) is 7.71. The fourth-order valence-electron chi connectivity index (χ4n) is 5.50. The van der Waals surface area contributed by atoms with E-state index in [-0.39, 0.29) is 51.4 Å². The van der Waals surface area contributed by atoms with Gasteiger partial charge in [-0.1, -0.05) is 13.8 Å². The van der Waals surface area contributed by atoms with Crippen molar-refractivity contribution in [1.82, 2.24) is 0 Å². The van der Waals surface area contributed by atoms with Gasteiger partial charge in [0, 0.05) is 0 Å². The van der Waals surface area contributed by atoms with Crippen LogP contribution >= 0.6 is 0 Å². The summed E-state index contributed by atoms with van der Waals surface area (Å²) in [6, 6.07) is 0. The molecular formula is C31H33KN4O2. The van der Waals surface area contributed by atoms with Gasteiger partial charge in [0.25, 0.3) is 0 Å². The number of hydrogen-bond donors (Lipinski definition) is 1. The molecule has 1 atom stereocenters. The molecule has 0 aromatic rings. The van der Waals surface area contributed by atoms with Crippen molar-refractivity contribution in [3.63, 3.8) is 0 Å². The van der Waals surface area contributed by atoms with Crippen molar-refractivity contribution in [1.29, 1.82) is 0 Å². The maximum absolute atomic E-state index is 12.0. The standard InChI is InChI=1S/C31H32N4O2.K.H/c1-8-21-16(4)24-12-23-15(3)10-20(32-23)11-29-30(19(7)31(36)37)18(6)26(35-29)13-25-17(5)22(9-2)28(34-25)14-27(21)33-24;;/h10-14,19H,8-9H2,1-7H3,(H,36,37);;. The van der Waals surface area contributed by atoms with Crippen LogP contribution in [0.5, 0.6) is 0 Å². The number of hydrogen-bond acceptors (Lipinski definition) is 5. The number of allylic oxidation sites excluding steroid dienone is 12. The normalized spacial score (nSPS) is 21.2. The van der Waals surface area contributed by atoms with Gasteiger partial charge in [-0.2, -0.15) is 0 Å². The fourth-order valence-corrected chi connectivity index (χ4v) is 5.50. The quantitative estimate of drug-likeness (QED) is 0.441. The molecule has 0 saturated carbocycles. The number of aliphatic carboxylic acids is 1. The zero-order chi connectivity index (χ0) is 26.6. The molecule has 7 heteroatoms. The molecule has 190 valence electrons. The van der Waals surface area contributed by atoms with E-state index in [4.69, 9.17) is 20.0 Å². The molecule has 5 rings (SSSR count). The van der Waals surface area contributed by atoms with Gasteiger partial charge in [-0.3, -0.25) is 4.79 Å². The number of rotatable bonds is 4. The number of nitrogens with zero attached hydrogens (tertiary/aromatic N) is 4. The average molecular weight is 533 g/mol. The summed E-state index contributed by atoms with van der Waals surface area (Å²) >= 11 is 0. The van der Waals surface area contributed by atoms with Gasteiger partial charge in [-0.05, 0) is 117 Å². The zero-order valence-electron chi connectivity index (χ0n) is 22.5. The topological polar surface area (TPSA) is 86.7 Å². The van der Waals surface area contributed by atoms with Gasteiger partial charge in [0.1, 0.15) is 0 Å². The number of carboxylic acid groups (broad SMARTS) is 1. The average Bonchev–Trinajstić information content (AvgIpc) is 3.53. The van der Waals surface area contributed by atoms with Crippen LogP contribution in [0.3, 0.4) is 0 Å². The fraction of sp³-hybridized carbons (Fsp3) is 0.323. The summed E-state index contributed by atoms with van der Waals surface area (Å²) in [6.45, 7) is 14.2. The first-order valence-electron chi connectivity index (χ1n) is 12.9. The molecule has 0 saturated heterocycles. The van der Waals surface area contributed by atoms with E-state index in [0.29, 0.717) is 11.3 Å². The molecule has 0 aliphatic carbocycles. The van der Waals surface area contributed by atoms with E-state index in [1.165, 1.54) is 11.1 Å². The molecule has 5 aliphatic rings. The van der Waals surface area contributed by atoms with Gasteiger partial charge >= 0.3 is 57.4 Å². The minimum atomic E-state index is -0.879. The molecule has 5 heterocycles. The monoisotopic (exact) mass is 532 g/mol. The number of carbonyl (C=O) groups is 1. The Morgan fingerprint density at radius 1 is 0.711 bits per heavy atom. The first kappa shape index (κ1) is 28.7. The summed E-state index contributed by atoms with van der Waals surface area (Å²) in [4.78, 5) is 31.8. The second kappa shape index (κ2) is 11.1. The number of carboxylic acids is 1. The van der Waals surface area contributed by atoms with Crippen molar-refractivity contribution in [2.75, 3.05) is 0 Å². The second-order valence-electron chi connectivity index (χ2n) is 9.99. The Morgan fingerprint density at radius 2 is 1.29 bits per heavy atom. The Labute approximate surface area is 267 Å². The third kappa shape index (κ3) is 4.91. The van der Waals surface area contributed by atoms with E-state index < -0.39 is 11.9 Å². The first-order chi connectivity index (χ1) is 17.6. The van der Waals surface area contributed by atoms with Crippen LogP contribution in [0.2, 0.25) is 0 Å². The second-order valence-corrected chi connectivity index (χ2v) is 9.99. The molecular weight excluding hydrogens is 499 g/mol. The molecule has 0 aromatic heterocycles. The molecule has 1 N–H and O–H groups in total. The van der Waals surface area contributed by atoms with Crippen LogP contribution < -0.4 is 0 Å². The summed E-state index contributed by atoms with van der Waals surface area (Å²) in [6.07, 6.45) is 11.8. The maximum atomic E-state index is 12.0. The van der Waals surface area contributed by atoms with E-state index in [1.54, 1.807) is 6.92 Å². The number of aliphatic imine (C=N–C) groups is 4. The van der Waals surface area contributed by atoms with Crippen LogP contribution in [0.4, 0.5) is 0 Å². The Morgan fingerprint density at radius 3 is 1.95 bits per heavy atom. The molecule has 0 aromatic carbocycles. The first-order valence-corrected chi connectivity index (χ1v) is 12.9. The Balaban J connectivity index is 0.00000336. The van der Waals surface area contributed by atoms with Gasteiger partial charge in [0.2, 0.25) is 0 Å². The van der Waals surface area contributed by atoms with Gasteiger partial charge in [0.15, 0.2) is 0 Å². The van der Waals surface area contributed by atoms with Crippen molar-refractivity contribution < 1.29 is 9.90 Å². The molecule has 0 spiro atoms. The molecule has 0 radical (unpaired) electrons. The van der Waals surface area contributed by atoms with E-state index >= 15 is 0 Å². The van der Waals surface area contributed by atoms with Crippen molar-refractivity contribution >= 4 is 80.2 Å². The van der Waals surface area contributed by atoms with Gasteiger partial charge in [0.05, 0.1) is 51.6 Å². The molecule has 0 fully saturated rings.